The van der Waals surface area contributed by atoms with Gasteiger partial charge in [0.25, 0.3) is 0 Å². The summed E-state index contributed by atoms with van der Waals surface area (Å²) in [7, 11) is 0. The van der Waals surface area contributed by atoms with Gasteiger partial charge in [0.1, 0.15) is 0 Å². The monoisotopic (exact) mass is 416 g/mol. The molecule has 0 spiro atoms. The first kappa shape index (κ1) is 23.8. The van der Waals surface area contributed by atoms with Crippen LogP contribution in [0, 0.1) is 23.2 Å². The average Bonchev–Trinajstić information content (AvgIpc) is 3.00. The number of hydrogen-bond acceptors (Lipinski definition) is 3. The van der Waals surface area contributed by atoms with Crippen LogP contribution in [0.5, 0.6) is 0 Å². The summed E-state index contributed by atoms with van der Waals surface area (Å²) in [5.74, 6) is 2.11. The van der Waals surface area contributed by atoms with Crippen LogP contribution in [0.2, 0.25) is 0 Å². The van der Waals surface area contributed by atoms with Gasteiger partial charge in [-0.1, -0.05) is 51.0 Å². The standard InChI is InChI=1S/C27H44O3/c1-18(8-6-14-26(3,4)30)23-12-13-24-20(9-7-15-27(23,24)5)10-11-21-16-22(28)17-25(29)19(21)2/h10-11,18,22-25,28-30H,2,6-9,12-17H2,1,3-5H3/b20-10+,21-11+/t18-,22-,23-,24?,25+,27-/m0/s1. The van der Waals surface area contributed by atoms with Gasteiger partial charge in [-0.05, 0) is 93.1 Å². The quantitative estimate of drug-likeness (QED) is 0.520. The molecule has 0 aliphatic heterocycles. The molecule has 3 N–H and O–H groups in total. The summed E-state index contributed by atoms with van der Waals surface area (Å²) in [4.78, 5) is 0. The fraction of sp³-hybridized carbons (Fsp3) is 0.778. The highest BCUT2D eigenvalue weighted by Crippen LogP contribution is 2.60. The van der Waals surface area contributed by atoms with E-state index < -0.39 is 17.8 Å². The number of fused-ring (bicyclic) bond motifs is 1. The van der Waals surface area contributed by atoms with Crippen molar-refractivity contribution >= 4 is 0 Å². The van der Waals surface area contributed by atoms with Crippen LogP contribution < -0.4 is 0 Å². The van der Waals surface area contributed by atoms with Crippen molar-refractivity contribution in [3.63, 3.8) is 0 Å². The Kier molecular flexibility index (Phi) is 7.37. The molecule has 0 radical (unpaired) electrons. The minimum atomic E-state index is -0.615. The molecule has 170 valence electrons. The largest absolute Gasteiger partial charge is 0.393 e. The molecular weight excluding hydrogens is 372 g/mol. The Bertz CT molecular complexity index is 683. The number of hydrogen-bond donors (Lipinski definition) is 3. The van der Waals surface area contributed by atoms with E-state index in [9.17, 15) is 15.3 Å². The van der Waals surface area contributed by atoms with Crippen molar-refractivity contribution in [2.75, 3.05) is 0 Å². The molecule has 3 aliphatic rings. The number of aliphatic hydroxyl groups excluding tert-OH is 2. The van der Waals surface area contributed by atoms with Crippen LogP contribution in [0.4, 0.5) is 0 Å². The molecule has 3 heteroatoms. The van der Waals surface area contributed by atoms with Crippen LogP contribution in [-0.2, 0) is 0 Å². The molecule has 3 fully saturated rings. The fourth-order valence-corrected chi connectivity index (χ4v) is 6.74. The minimum Gasteiger partial charge on any atom is -0.393 e. The van der Waals surface area contributed by atoms with E-state index in [0.717, 1.165) is 29.9 Å². The van der Waals surface area contributed by atoms with E-state index in [1.54, 1.807) is 5.57 Å². The lowest BCUT2D eigenvalue weighted by Gasteiger charge is -2.44. The lowest BCUT2D eigenvalue weighted by atomic mass is 9.60. The predicted octanol–water partition coefficient (Wildman–Crippen LogP) is 5.70. The van der Waals surface area contributed by atoms with E-state index in [-0.39, 0.29) is 0 Å². The zero-order valence-electron chi connectivity index (χ0n) is 19.7. The highest BCUT2D eigenvalue weighted by Gasteiger charge is 2.50. The number of allylic oxidation sites excluding steroid dienone is 3. The SMILES string of the molecule is C=C1/C(=C/C=C2\CCC[C@]3(C)C2CC[C@H]3[C@@H](C)CCCC(C)(C)O)C[C@H](O)C[C@H]1O. The van der Waals surface area contributed by atoms with E-state index in [4.69, 9.17) is 0 Å². The first-order valence-corrected chi connectivity index (χ1v) is 12.2. The topological polar surface area (TPSA) is 60.7 Å². The Balaban J connectivity index is 1.70. The molecular formula is C27H44O3. The highest BCUT2D eigenvalue weighted by molar-refractivity contribution is 5.38. The molecule has 3 rings (SSSR count). The molecule has 0 saturated heterocycles. The molecule has 0 amide bonds. The van der Waals surface area contributed by atoms with Gasteiger partial charge in [-0.15, -0.1) is 0 Å². The van der Waals surface area contributed by atoms with Crippen LogP contribution in [0.3, 0.4) is 0 Å². The normalized spacial score (nSPS) is 38.8. The van der Waals surface area contributed by atoms with Gasteiger partial charge < -0.3 is 15.3 Å². The maximum absolute atomic E-state index is 10.1. The second kappa shape index (κ2) is 9.30. The third kappa shape index (κ3) is 5.29. The third-order valence-corrected chi connectivity index (χ3v) is 8.44. The van der Waals surface area contributed by atoms with Crippen molar-refractivity contribution in [2.24, 2.45) is 23.2 Å². The molecule has 3 saturated carbocycles. The zero-order chi connectivity index (χ0) is 22.1. The molecule has 1 unspecified atom stereocenters. The second-order valence-electron chi connectivity index (χ2n) is 11.3. The van der Waals surface area contributed by atoms with Gasteiger partial charge in [0, 0.05) is 6.42 Å². The molecule has 0 aromatic carbocycles. The molecule has 6 atom stereocenters. The summed E-state index contributed by atoms with van der Waals surface area (Å²) in [6.45, 7) is 12.8. The maximum atomic E-state index is 10.1. The van der Waals surface area contributed by atoms with Gasteiger partial charge in [-0.3, -0.25) is 0 Å². The van der Waals surface area contributed by atoms with Crippen LogP contribution in [-0.4, -0.2) is 33.1 Å². The summed E-state index contributed by atoms with van der Waals surface area (Å²) in [6.07, 6.45) is 13.9. The Morgan fingerprint density at radius 3 is 2.67 bits per heavy atom. The minimum absolute atomic E-state index is 0.374. The van der Waals surface area contributed by atoms with Crippen LogP contribution in [0.15, 0.2) is 35.5 Å². The van der Waals surface area contributed by atoms with E-state index in [2.05, 4.69) is 32.6 Å². The first-order chi connectivity index (χ1) is 14.0. The predicted molar refractivity (Wildman–Crippen MR) is 124 cm³/mol. The van der Waals surface area contributed by atoms with E-state index in [0.29, 0.717) is 30.1 Å². The Morgan fingerprint density at radius 1 is 1.23 bits per heavy atom. The molecule has 0 bridgehead atoms. The molecule has 3 nitrogen and oxygen atoms in total. The average molecular weight is 417 g/mol. The van der Waals surface area contributed by atoms with Gasteiger partial charge in [0.05, 0.1) is 17.8 Å². The van der Waals surface area contributed by atoms with E-state index >= 15 is 0 Å². The number of aliphatic hydroxyl groups is 3. The van der Waals surface area contributed by atoms with Crippen molar-refractivity contribution in [1.82, 2.24) is 0 Å². The summed E-state index contributed by atoms with van der Waals surface area (Å²) in [5, 5.41) is 30.2. The lowest BCUT2D eigenvalue weighted by molar-refractivity contribution is 0.0596. The van der Waals surface area contributed by atoms with Crippen molar-refractivity contribution in [3.8, 4) is 0 Å². The van der Waals surface area contributed by atoms with E-state index in [1.807, 2.05) is 13.8 Å². The van der Waals surface area contributed by atoms with Gasteiger partial charge >= 0.3 is 0 Å². The molecule has 3 aliphatic carbocycles. The van der Waals surface area contributed by atoms with Gasteiger partial charge in [-0.2, -0.15) is 0 Å². The van der Waals surface area contributed by atoms with Gasteiger partial charge in [0.2, 0.25) is 0 Å². The van der Waals surface area contributed by atoms with Crippen LogP contribution in [0.1, 0.15) is 91.9 Å². The smallest absolute Gasteiger partial charge is 0.0811 e. The van der Waals surface area contributed by atoms with E-state index in [1.165, 1.54) is 38.5 Å². The van der Waals surface area contributed by atoms with Crippen molar-refractivity contribution in [2.45, 2.75) is 110 Å². The van der Waals surface area contributed by atoms with Crippen LogP contribution >= 0.6 is 0 Å². The number of rotatable bonds is 6. The Labute approximate surface area is 184 Å². The summed E-state index contributed by atoms with van der Waals surface area (Å²) in [5.41, 5.74) is 3.17. The van der Waals surface area contributed by atoms with Gasteiger partial charge in [0.15, 0.2) is 0 Å². The highest BCUT2D eigenvalue weighted by atomic mass is 16.3. The molecule has 0 aromatic rings. The summed E-state index contributed by atoms with van der Waals surface area (Å²) >= 11 is 0. The lowest BCUT2D eigenvalue weighted by Crippen LogP contribution is -2.36. The maximum Gasteiger partial charge on any atom is 0.0811 e. The molecule has 0 aromatic heterocycles. The van der Waals surface area contributed by atoms with Crippen molar-refractivity contribution in [1.29, 1.82) is 0 Å². The van der Waals surface area contributed by atoms with Gasteiger partial charge in [-0.25, -0.2) is 0 Å². The molecule has 30 heavy (non-hydrogen) atoms. The fourth-order valence-electron chi connectivity index (χ4n) is 6.74. The van der Waals surface area contributed by atoms with Crippen molar-refractivity contribution < 1.29 is 15.3 Å². The molecule has 0 heterocycles. The zero-order valence-corrected chi connectivity index (χ0v) is 19.7. The Morgan fingerprint density at radius 2 is 1.97 bits per heavy atom. The summed E-state index contributed by atoms with van der Waals surface area (Å²) in [6, 6.07) is 0. The third-order valence-electron chi connectivity index (χ3n) is 8.44. The summed E-state index contributed by atoms with van der Waals surface area (Å²) < 4.78 is 0. The second-order valence-corrected chi connectivity index (χ2v) is 11.3. The van der Waals surface area contributed by atoms with Crippen molar-refractivity contribution in [3.05, 3.63) is 35.5 Å². The van der Waals surface area contributed by atoms with Crippen LogP contribution in [0.25, 0.3) is 0 Å². The Hall–Kier alpha value is -0.900. The first-order valence-electron chi connectivity index (χ1n) is 12.2.